The highest BCUT2D eigenvalue weighted by Gasteiger charge is 2.17. The molecule has 0 amide bonds. The smallest absolute Gasteiger partial charge is 0.126 e. The molecule has 88 valence electrons. The molecule has 3 rings (SSSR count). The van der Waals surface area contributed by atoms with Crippen LogP contribution in [0.15, 0.2) is 30.7 Å². The number of pyridine rings is 1. The summed E-state index contributed by atoms with van der Waals surface area (Å²) in [7, 11) is 0. The van der Waals surface area contributed by atoms with E-state index in [1.54, 1.807) is 0 Å². The third-order valence-electron chi connectivity index (χ3n) is 3.20. The van der Waals surface area contributed by atoms with E-state index in [2.05, 4.69) is 28.0 Å². The van der Waals surface area contributed by atoms with Crippen LogP contribution >= 0.6 is 0 Å². The third kappa shape index (κ3) is 1.96. The summed E-state index contributed by atoms with van der Waals surface area (Å²) in [6.07, 6.45) is 6.92. The number of hydrogen-bond donors (Lipinski definition) is 1. The zero-order chi connectivity index (χ0) is 11.7. The first kappa shape index (κ1) is 10.5. The van der Waals surface area contributed by atoms with E-state index in [0.29, 0.717) is 6.04 Å². The van der Waals surface area contributed by atoms with Crippen molar-refractivity contribution in [1.82, 2.24) is 19.9 Å². The van der Waals surface area contributed by atoms with Crippen molar-refractivity contribution in [1.29, 1.82) is 0 Å². The van der Waals surface area contributed by atoms with Crippen LogP contribution in [-0.4, -0.2) is 21.1 Å². The fraction of sp³-hybridized carbons (Fsp3) is 0.385. The van der Waals surface area contributed by atoms with Crippen LogP contribution < -0.4 is 5.32 Å². The molecule has 0 radical (unpaired) electrons. The molecule has 0 aromatic carbocycles. The van der Waals surface area contributed by atoms with Crippen molar-refractivity contribution in [2.24, 2.45) is 0 Å². The summed E-state index contributed by atoms with van der Waals surface area (Å²) in [5.74, 6) is 1.13. The Morgan fingerprint density at radius 3 is 3.00 bits per heavy atom. The van der Waals surface area contributed by atoms with Crippen LogP contribution in [-0.2, 0) is 6.54 Å². The predicted molar refractivity (Wildman–Crippen MR) is 66.5 cm³/mol. The van der Waals surface area contributed by atoms with Gasteiger partial charge in [-0.2, -0.15) is 0 Å². The molecular formula is C13H16N4. The molecule has 2 aromatic heterocycles. The first-order valence-corrected chi connectivity index (χ1v) is 6.05. The van der Waals surface area contributed by atoms with Crippen molar-refractivity contribution in [3.8, 4) is 11.3 Å². The van der Waals surface area contributed by atoms with E-state index >= 15 is 0 Å². The molecule has 3 heterocycles. The van der Waals surface area contributed by atoms with Gasteiger partial charge in [0, 0.05) is 30.7 Å². The Kier molecular flexibility index (Phi) is 2.65. The lowest BCUT2D eigenvalue weighted by atomic mass is 10.2. The minimum atomic E-state index is 0.327. The highest BCUT2D eigenvalue weighted by Crippen LogP contribution is 2.22. The van der Waals surface area contributed by atoms with E-state index in [1.807, 2.05) is 24.5 Å². The van der Waals surface area contributed by atoms with Crippen molar-refractivity contribution in [3.63, 3.8) is 0 Å². The van der Waals surface area contributed by atoms with E-state index in [0.717, 1.165) is 36.6 Å². The molecule has 2 aromatic rings. The molecule has 4 heteroatoms. The van der Waals surface area contributed by atoms with Crippen molar-refractivity contribution in [3.05, 3.63) is 36.5 Å². The second-order valence-electron chi connectivity index (χ2n) is 4.44. The standard InChI is InChI=1S/C13H16N4/c1-10-13-16-12(11-3-6-14-7-4-11)9-17(13)8-2-5-15-10/h3-4,6-7,9-10,15H,2,5,8H2,1H3. The first-order chi connectivity index (χ1) is 8.34. The fourth-order valence-electron chi connectivity index (χ4n) is 2.28. The highest BCUT2D eigenvalue weighted by molar-refractivity contribution is 5.57. The Bertz CT molecular complexity index is 503. The third-order valence-corrected chi connectivity index (χ3v) is 3.20. The van der Waals surface area contributed by atoms with Gasteiger partial charge in [-0.1, -0.05) is 0 Å². The maximum absolute atomic E-state index is 4.73. The van der Waals surface area contributed by atoms with Crippen molar-refractivity contribution in [2.75, 3.05) is 6.54 Å². The number of aryl methyl sites for hydroxylation is 1. The van der Waals surface area contributed by atoms with Crippen molar-refractivity contribution >= 4 is 0 Å². The molecule has 1 N–H and O–H groups in total. The number of aromatic nitrogens is 3. The van der Waals surface area contributed by atoms with Gasteiger partial charge in [0.15, 0.2) is 0 Å². The van der Waals surface area contributed by atoms with Crippen LogP contribution in [0.25, 0.3) is 11.3 Å². The van der Waals surface area contributed by atoms with Gasteiger partial charge in [-0.3, -0.25) is 4.98 Å². The van der Waals surface area contributed by atoms with Crippen LogP contribution in [0.3, 0.4) is 0 Å². The molecule has 1 aliphatic rings. The van der Waals surface area contributed by atoms with E-state index in [1.165, 1.54) is 0 Å². The minimum Gasteiger partial charge on any atom is -0.333 e. The number of fused-ring (bicyclic) bond motifs is 1. The van der Waals surface area contributed by atoms with Crippen LogP contribution in [0.1, 0.15) is 25.2 Å². The average Bonchev–Trinajstić information content (AvgIpc) is 2.72. The van der Waals surface area contributed by atoms with Crippen LogP contribution in [0.4, 0.5) is 0 Å². The molecule has 1 atom stereocenters. The topological polar surface area (TPSA) is 42.7 Å². The SMILES string of the molecule is CC1NCCCn2cc(-c3ccncc3)nc21. The largest absolute Gasteiger partial charge is 0.333 e. The lowest BCUT2D eigenvalue weighted by molar-refractivity contribution is 0.571. The predicted octanol–water partition coefficient (Wildman–Crippen LogP) is 2.00. The van der Waals surface area contributed by atoms with Crippen LogP contribution in [0.5, 0.6) is 0 Å². The van der Waals surface area contributed by atoms with Crippen molar-refractivity contribution < 1.29 is 0 Å². The lowest BCUT2D eigenvalue weighted by Crippen LogP contribution is -2.18. The Morgan fingerprint density at radius 1 is 1.35 bits per heavy atom. The van der Waals surface area contributed by atoms with Gasteiger partial charge >= 0.3 is 0 Å². The van der Waals surface area contributed by atoms with Gasteiger partial charge < -0.3 is 9.88 Å². The molecule has 0 spiro atoms. The quantitative estimate of drug-likeness (QED) is 0.811. The zero-order valence-corrected chi connectivity index (χ0v) is 9.93. The van der Waals surface area contributed by atoms with E-state index in [9.17, 15) is 0 Å². The lowest BCUT2D eigenvalue weighted by Gasteiger charge is -2.08. The van der Waals surface area contributed by atoms with E-state index < -0.39 is 0 Å². The second kappa shape index (κ2) is 4.30. The number of hydrogen-bond acceptors (Lipinski definition) is 3. The number of rotatable bonds is 1. The highest BCUT2D eigenvalue weighted by atomic mass is 15.1. The zero-order valence-electron chi connectivity index (χ0n) is 9.93. The molecule has 0 aliphatic carbocycles. The Labute approximate surface area is 101 Å². The Balaban J connectivity index is 2.02. The monoisotopic (exact) mass is 228 g/mol. The molecule has 0 saturated carbocycles. The summed E-state index contributed by atoms with van der Waals surface area (Å²) >= 11 is 0. The second-order valence-corrected chi connectivity index (χ2v) is 4.44. The number of nitrogens with one attached hydrogen (secondary N) is 1. The molecule has 17 heavy (non-hydrogen) atoms. The summed E-state index contributed by atoms with van der Waals surface area (Å²) in [5.41, 5.74) is 2.17. The fourth-order valence-corrected chi connectivity index (χ4v) is 2.28. The van der Waals surface area contributed by atoms with Gasteiger partial charge in [-0.25, -0.2) is 4.98 Å². The van der Waals surface area contributed by atoms with Gasteiger partial charge in [0.05, 0.1) is 11.7 Å². The summed E-state index contributed by atoms with van der Waals surface area (Å²) in [4.78, 5) is 8.77. The Hall–Kier alpha value is -1.68. The molecular weight excluding hydrogens is 212 g/mol. The summed E-state index contributed by atoms with van der Waals surface area (Å²) in [6, 6.07) is 4.33. The normalized spacial score (nSPS) is 19.7. The van der Waals surface area contributed by atoms with Gasteiger partial charge in [0.1, 0.15) is 5.82 Å². The molecule has 1 aliphatic heterocycles. The van der Waals surface area contributed by atoms with Crippen LogP contribution in [0, 0.1) is 0 Å². The molecule has 0 saturated heterocycles. The number of imidazole rings is 1. The van der Waals surface area contributed by atoms with Crippen LogP contribution in [0.2, 0.25) is 0 Å². The summed E-state index contributed by atoms with van der Waals surface area (Å²) in [6.45, 7) is 4.28. The number of nitrogens with zero attached hydrogens (tertiary/aromatic N) is 3. The summed E-state index contributed by atoms with van der Waals surface area (Å²) < 4.78 is 2.26. The molecule has 0 bridgehead atoms. The van der Waals surface area contributed by atoms with Crippen molar-refractivity contribution in [2.45, 2.75) is 25.9 Å². The molecule has 0 fully saturated rings. The maximum atomic E-state index is 4.73. The van der Waals surface area contributed by atoms with Gasteiger partial charge in [0.25, 0.3) is 0 Å². The molecule has 4 nitrogen and oxygen atoms in total. The minimum absolute atomic E-state index is 0.327. The Morgan fingerprint density at radius 2 is 2.18 bits per heavy atom. The average molecular weight is 228 g/mol. The molecule has 1 unspecified atom stereocenters. The van der Waals surface area contributed by atoms with Gasteiger partial charge in [-0.15, -0.1) is 0 Å². The van der Waals surface area contributed by atoms with E-state index in [-0.39, 0.29) is 0 Å². The van der Waals surface area contributed by atoms with E-state index in [4.69, 9.17) is 4.98 Å². The van der Waals surface area contributed by atoms with Gasteiger partial charge in [-0.05, 0) is 32.0 Å². The maximum Gasteiger partial charge on any atom is 0.126 e. The van der Waals surface area contributed by atoms with Gasteiger partial charge in [0.2, 0.25) is 0 Å². The first-order valence-electron chi connectivity index (χ1n) is 6.05. The summed E-state index contributed by atoms with van der Waals surface area (Å²) in [5, 5.41) is 3.47.